The smallest absolute Gasteiger partial charge is 0.0826 e. The van der Waals surface area contributed by atoms with Gasteiger partial charge in [-0.15, -0.1) is 0 Å². The number of aromatic nitrogens is 1. The van der Waals surface area contributed by atoms with Gasteiger partial charge in [0.1, 0.15) is 0 Å². The van der Waals surface area contributed by atoms with Gasteiger partial charge in [0.25, 0.3) is 0 Å². The Kier molecular flexibility index (Phi) is 3.19. The zero-order chi connectivity index (χ0) is 16.3. The molecule has 24 heavy (non-hydrogen) atoms. The minimum absolute atomic E-state index is 0.213. The summed E-state index contributed by atoms with van der Waals surface area (Å²) in [6.07, 6.45) is 7.80. The molecule has 2 heterocycles. The predicted molar refractivity (Wildman–Crippen MR) is 101 cm³/mol. The Morgan fingerprint density at radius 3 is 2.79 bits per heavy atom. The lowest BCUT2D eigenvalue weighted by Crippen LogP contribution is -2.29. The van der Waals surface area contributed by atoms with Crippen LogP contribution < -0.4 is 5.32 Å². The monoisotopic (exact) mass is 354 g/mol. The molecule has 3 aromatic rings. The van der Waals surface area contributed by atoms with Crippen LogP contribution in [0.5, 0.6) is 0 Å². The average Bonchev–Trinajstić information content (AvgIpc) is 3.24. The van der Waals surface area contributed by atoms with E-state index >= 15 is 0 Å². The first-order chi connectivity index (χ1) is 11.7. The van der Waals surface area contributed by atoms with Gasteiger partial charge in [0.2, 0.25) is 0 Å². The number of rotatable bonds is 1. The van der Waals surface area contributed by atoms with Gasteiger partial charge in [-0.05, 0) is 35.6 Å². The lowest BCUT2D eigenvalue weighted by Gasteiger charge is -2.37. The normalized spacial score (nSPS) is 24.7. The molecule has 1 aliphatic heterocycles. The molecule has 2 N–H and O–H groups in total. The fourth-order valence-electron chi connectivity index (χ4n) is 4.26. The molecule has 2 aromatic carbocycles. The second-order valence-corrected chi connectivity index (χ2v) is 7.38. The van der Waals surface area contributed by atoms with Gasteiger partial charge in [-0.3, -0.25) is 0 Å². The zero-order valence-electron chi connectivity index (χ0n) is 12.9. The van der Waals surface area contributed by atoms with E-state index in [9.17, 15) is 0 Å². The van der Waals surface area contributed by atoms with E-state index in [-0.39, 0.29) is 6.04 Å². The van der Waals surface area contributed by atoms with Gasteiger partial charge >= 0.3 is 0 Å². The van der Waals surface area contributed by atoms with Gasteiger partial charge in [-0.1, -0.05) is 59.6 Å². The molecule has 1 aliphatic carbocycles. The fraction of sp³-hybridized carbons (Fsp3) is 0.200. The molecule has 0 bridgehead atoms. The SMILES string of the molecule is Clc1ccc2c(c1Cl)NC(c1c[nH]c3ccccc13)C1CC=CC21. The van der Waals surface area contributed by atoms with E-state index in [2.05, 4.69) is 59.0 Å². The van der Waals surface area contributed by atoms with E-state index in [1.54, 1.807) is 0 Å². The van der Waals surface area contributed by atoms with Crippen molar-refractivity contribution in [2.24, 2.45) is 5.92 Å². The van der Waals surface area contributed by atoms with E-state index in [1.165, 1.54) is 22.0 Å². The average molecular weight is 355 g/mol. The Balaban J connectivity index is 1.69. The van der Waals surface area contributed by atoms with Gasteiger partial charge < -0.3 is 10.3 Å². The van der Waals surface area contributed by atoms with Crippen LogP contribution in [0.25, 0.3) is 10.9 Å². The number of fused-ring (bicyclic) bond motifs is 4. The van der Waals surface area contributed by atoms with Crippen LogP contribution in [0.2, 0.25) is 10.0 Å². The maximum absolute atomic E-state index is 6.52. The summed E-state index contributed by atoms with van der Waals surface area (Å²) in [4.78, 5) is 3.40. The molecule has 1 aromatic heterocycles. The number of nitrogens with one attached hydrogen (secondary N) is 2. The molecule has 0 fully saturated rings. The molecule has 0 saturated heterocycles. The molecule has 3 unspecified atom stereocenters. The number of halogens is 2. The Hall–Kier alpha value is -1.90. The number of anilines is 1. The number of benzene rings is 2. The second kappa shape index (κ2) is 5.30. The summed E-state index contributed by atoms with van der Waals surface area (Å²) in [5, 5.41) is 6.18. The van der Waals surface area contributed by atoms with E-state index in [4.69, 9.17) is 23.2 Å². The maximum Gasteiger partial charge on any atom is 0.0826 e. The standard InChI is InChI=1S/C20H16Cl2N2/c21-16-9-8-14-11-5-3-6-13(11)19(24-20(14)18(16)22)15-10-23-17-7-2-1-4-12(15)17/h1-5,7-11,13,19,23-24H,6H2. The minimum Gasteiger partial charge on any atom is -0.376 e. The second-order valence-electron chi connectivity index (χ2n) is 6.59. The molecule has 0 amide bonds. The van der Waals surface area contributed by atoms with Crippen LogP contribution in [0.1, 0.15) is 29.5 Å². The highest BCUT2D eigenvalue weighted by atomic mass is 35.5. The van der Waals surface area contributed by atoms with Crippen molar-refractivity contribution < 1.29 is 0 Å². The molecule has 4 heteroatoms. The van der Waals surface area contributed by atoms with Crippen LogP contribution in [0.3, 0.4) is 0 Å². The van der Waals surface area contributed by atoms with Gasteiger partial charge in [0, 0.05) is 23.0 Å². The molecule has 2 aliphatic rings. The lowest BCUT2D eigenvalue weighted by atomic mass is 9.77. The van der Waals surface area contributed by atoms with Gasteiger partial charge in [-0.25, -0.2) is 0 Å². The summed E-state index contributed by atoms with van der Waals surface area (Å²) in [5.41, 5.74) is 4.69. The van der Waals surface area contributed by atoms with Crippen molar-refractivity contribution in [2.45, 2.75) is 18.4 Å². The van der Waals surface area contributed by atoms with Gasteiger partial charge in [0.05, 0.1) is 21.8 Å². The summed E-state index contributed by atoms with van der Waals surface area (Å²) < 4.78 is 0. The summed E-state index contributed by atoms with van der Waals surface area (Å²) in [6.45, 7) is 0. The molecule has 0 spiro atoms. The third-order valence-electron chi connectivity index (χ3n) is 5.38. The summed E-state index contributed by atoms with van der Waals surface area (Å²) in [7, 11) is 0. The molecule has 0 radical (unpaired) electrons. The Morgan fingerprint density at radius 1 is 1.00 bits per heavy atom. The van der Waals surface area contributed by atoms with Crippen molar-refractivity contribution in [3.8, 4) is 0 Å². The highest BCUT2D eigenvalue weighted by Gasteiger charge is 2.39. The van der Waals surface area contributed by atoms with Crippen LogP contribution in [0.4, 0.5) is 5.69 Å². The summed E-state index contributed by atoms with van der Waals surface area (Å²) in [5.74, 6) is 0.878. The third-order valence-corrected chi connectivity index (χ3v) is 6.19. The van der Waals surface area contributed by atoms with Crippen molar-refractivity contribution in [3.63, 3.8) is 0 Å². The van der Waals surface area contributed by atoms with Gasteiger partial charge in [0.15, 0.2) is 0 Å². The number of para-hydroxylation sites is 1. The Morgan fingerprint density at radius 2 is 1.88 bits per heavy atom. The molecule has 3 atom stereocenters. The van der Waals surface area contributed by atoms with Crippen LogP contribution in [-0.4, -0.2) is 4.98 Å². The van der Waals surface area contributed by atoms with Crippen molar-refractivity contribution in [2.75, 3.05) is 5.32 Å². The fourth-order valence-corrected chi connectivity index (χ4v) is 4.65. The molecular weight excluding hydrogens is 339 g/mol. The van der Waals surface area contributed by atoms with Crippen molar-refractivity contribution in [1.29, 1.82) is 0 Å². The van der Waals surface area contributed by atoms with Crippen molar-refractivity contribution >= 4 is 39.8 Å². The van der Waals surface area contributed by atoms with Crippen LogP contribution in [0.15, 0.2) is 54.7 Å². The lowest BCUT2D eigenvalue weighted by molar-refractivity contribution is 0.427. The summed E-state index contributed by atoms with van der Waals surface area (Å²) in [6, 6.07) is 12.7. The molecule has 120 valence electrons. The van der Waals surface area contributed by atoms with Crippen LogP contribution >= 0.6 is 23.2 Å². The predicted octanol–water partition coefficient (Wildman–Crippen LogP) is 6.30. The molecule has 5 rings (SSSR count). The topological polar surface area (TPSA) is 27.8 Å². The van der Waals surface area contributed by atoms with E-state index < -0.39 is 0 Å². The van der Waals surface area contributed by atoms with Gasteiger partial charge in [-0.2, -0.15) is 0 Å². The number of hydrogen-bond acceptors (Lipinski definition) is 1. The van der Waals surface area contributed by atoms with Crippen molar-refractivity contribution in [3.05, 3.63) is 75.9 Å². The van der Waals surface area contributed by atoms with E-state index in [0.29, 0.717) is 21.9 Å². The molecular formula is C20H16Cl2N2. The van der Waals surface area contributed by atoms with Crippen molar-refractivity contribution in [1.82, 2.24) is 4.98 Å². The Bertz CT molecular complexity index is 973. The number of H-pyrrole nitrogens is 1. The first kappa shape index (κ1) is 14.4. The number of hydrogen-bond donors (Lipinski definition) is 2. The number of aromatic amines is 1. The first-order valence-electron chi connectivity index (χ1n) is 8.21. The Labute approximate surface area is 150 Å². The largest absolute Gasteiger partial charge is 0.376 e. The maximum atomic E-state index is 6.52. The van der Waals surface area contributed by atoms with Crippen LogP contribution in [-0.2, 0) is 0 Å². The number of allylic oxidation sites excluding steroid dienone is 2. The summed E-state index contributed by atoms with van der Waals surface area (Å²) >= 11 is 12.8. The van der Waals surface area contributed by atoms with Crippen LogP contribution in [0, 0.1) is 5.92 Å². The van der Waals surface area contributed by atoms with E-state index in [1.807, 2.05) is 6.07 Å². The first-order valence-corrected chi connectivity index (χ1v) is 8.97. The zero-order valence-corrected chi connectivity index (χ0v) is 14.4. The van der Waals surface area contributed by atoms with E-state index in [0.717, 1.165) is 12.1 Å². The molecule has 0 saturated carbocycles. The molecule has 2 nitrogen and oxygen atoms in total. The quantitative estimate of drug-likeness (QED) is 0.493. The minimum atomic E-state index is 0.213. The highest BCUT2D eigenvalue weighted by Crippen LogP contribution is 2.53. The third kappa shape index (κ3) is 1.96. The highest BCUT2D eigenvalue weighted by molar-refractivity contribution is 6.43.